The van der Waals surface area contributed by atoms with Crippen LogP contribution in [0.25, 0.3) is 22.2 Å². The van der Waals surface area contributed by atoms with Crippen LogP contribution >= 0.6 is 0 Å². The van der Waals surface area contributed by atoms with E-state index >= 15 is 0 Å². The van der Waals surface area contributed by atoms with Crippen LogP contribution in [0, 0.1) is 4.91 Å². The van der Waals surface area contributed by atoms with E-state index in [2.05, 4.69) is 27.0 Å². The lowest BCUT2D eigenvalue weighted by Gasteiger charge is -2.10. The van der Waals surface area contributed by atoms with Gasteiger partial charge >= 0.3 is 6.03 Å². The van der Waals surface area contributed by atoms with Crippen LogP contribution < -0.4 is 16.4 Å². The smallest absolute Gasteiger partial charge is 0.323 e. The van der Waals surface area contributed by atoms with Gasteiger partial charge in [-0.1, -0.05) is 18.2 Å². The average molecular weight is 427 g/mol. The number of pyridine rings is 1. The molecule has 1 saturated carbocycles. The zero-order valence-corrected chi connectivity index (χ0v) is 17.4. The Kier molecular flexibility index (Phi) is 4.78. The highest BCUT2D eigenvalue weighted by atomic mass is 16.3. The third-order valence-electron chi connectivity index (χ3n) is 5.50. The summed E-state index contributed by atoms with van der Waals surface area (Å²) in [7, 11) is 1.85. The van der Waals surface area contributed by atoms with Crippen LogP contribution in [0.4, 0.5) is 27.7 Å². The number of benzene rings is 2. The quantitative estimate of drug-likeness (QED) is 0.380. The van der Waals surface area contributed by atoms with Gasteiger partial charge in [0.2, 0.25) is 0 Å². The molecule has 0 unspecified atom stereocenters. The van der Waals surface area contributed by atoms with Crippen LogP contribution in [0.2, 0.25) is 0 Å². The van der Waals surface area contributed by atoms with E-state index in [1.54, 1.807) is 22.9 Å². The summed E-state index contributed by atoms with van der Waals surface area (Å²) < 4.78 is 1.72. The molecule has 5 rings (SSSR count). The minimum Gasteiger partial charge on any atom is -0.382 e. The molecule has 2 amide bonds. The van der Waals surface area contributed by atoms with Crippen LogP contribution in [-0.2, 0) is 7.05 Å². The molecule has 1 aliphatic rings. The molecule has 1 fully saturated rings. The van der Waals surface area contributed by atoms with Crippen LogP contribution in [0.3, 0.4) is 0 Å². The number of hydrogen-bond donors (Lipinski definition) is 3. The zero-order valence-electron chi connectivity index (χ0n) is 17.4. The molecule has 0 radical (unpaired) electrons. The second-order valence-corrected chi connectivity index (χ2v) is 7.87. The molecule has 0 atom stereocenters. The molecule has 9 nitrogen and oxygen atoms in total. The second-order valence-electron chi connectivity index (χ2n) is 7.87. The maximum Gasteiger partial charge on any atom is 0.323 e. The molecule has 2 aromatic heterocycles. The number of fused-ring (bicyclic) bond motifs is 1. The van der Waals surface area contributed by atoms with Gasteiger partial charge in [-0.05, 0) is 65.5 Å². The van der Waals surface area contributed by atoms with Crippen molar-refractivity contribution in [1.29, 1.82) is 0 Å². The minimum atomic E-state index is -0.417. The fraction of sp³-hybridized carbons (Fsp3) is 0.174. The van der Waals surface area contributed by atoms with Crippen molar-refractivity contribution in [2.45, 2.75) is 18.8 Å². The largest absolute Gasteiger partial charge is 0.382 e. The SMILES string of the molecule is Cn1nc(N)c2c(-c3ccc(NC(=O)Nc4cccc(N=O)c4)cc3)cc(C3CC3)nc21. The molecule has 0 spiro atoms. The van der Waals surface area contributed by atoms with Crippen LogP contribution in [-0.4, -0.2) is 20.8 Å². The maximum atomic E-state index is 12.3. The van der Waals surface area contributed by atoms with Gasteiger partial charge in [0.05, 0.1) is 5.39 Å². The Morgan fingerprint density at radius 2 is 1.84 bits per heavy atom. The second kappa shape index (κ2) is 7.77. The first-order chi connectivity index (χ1) is 15.5. The molecule has 160 valence electrons. The maximum absolute atomic E-state index is 12.3. The third kappa shape index (κ3) is 3.76. The predicted octanol–water partition coefficient (Wildman–Crippen LogP) is 5.14. The van der Waals surface area contributed by atoms with Gasteiger partial charge < -0.3 is 16.4 Å². The Balaban J connectivity index is 1.39. The van der Waals surface area contributed by atoms with Crippen molar-refractivity contribution in [3.63, 3.8) is 0 Å². The summed E-state index contributed by atoms with van der Waals surface area (Å²) in [5.41, 5.74) is 11.3. The number of amides is 2. The number of nitrogen functional groups attached to an aromatic ring is 1. The Bertz CT molecular complexity index is 1340. The summed E-state index contributed by atoms with van der Waals surface area (Å²) in [4.78, 5) is 27.8. The lowest BCUT2D eigenvalue weighted by Crippen LogP contribution is -2.19. The minimum absolute atomic E-state index is 0.246. The number of carbonyl (C=O) groups excluding carboxylic acids is 1. The van der Waals surface area contributed by atoms with Gasteiger partial charge in [0.25, 0.3) is 0 Å². The topological polar surface area (TPSA) is 127 Å². The van der Waals surface area contributed by atoms with E-state index in [4.69, 9.17) is 10.7 Å². The Labute approximate surface area is 183 Å². The molecule has 9 heteroatoms. The van der Waals surface area contributed by atoms with Crippen LogP contribution in [0.5, 0.6) is 0 Å². The lowest BCUT2D eigenvalue weighted by atomic mass is 10.0. The number of nitrogens with two attached hydrogens (primary N) is 1. The highest BCUT2D eigenvalue weighted by Crippen LogP contribution is 2.42. The molecule has 4 N–H and O–H groups in total. The Morgan fingerprint density at radius 3 is 2.56 bits per heavy atom. The summed E-state index contributed by atoms with van der Waals surface area (Å²) in [6, 6.07) is 15.6. The van der Waals surface area contributed by atoms with E-state index in [-0.39, 0.29) is 5.69 Å². The number of nitrogens with one attached hydrogen (secondary N) is 2. The molecule has 2 heterocycles. The molecule has 2 aromatic carbocycles. The fourth-order valence-corrected chi connectivity index (χ4v) is 3.78. The van der Waals surface area contributed by atoms with Gasteiger partial charge in [-0.2, -0.15) is 5.10 Å². The summed E-state index contributed by atoms with van der Waals surface area (Å²) in [5, 5.41) is 13.5. The summed E-state index contributed by atoms with van der Waals surface area (Å²) in [5.74, 6) is 0.938. The number of aryl methyl sites for hydroxylation is 1. The Hall–Kier alpha value is -4.27. The van der Waals surface area contributed by atoms with E-state index in [0.29, 0.717) is 23.1 Å². The molecule has 1 aliphatic carbocycles. The molecule has 0 bridgehead atoms. The predicted molar refractivity (Wildman–Crippen MR) is 125 cm³/mol. The van der Waals surface area contributed by atoms with Crippen molar-refractivity contribution in [2.75, 3.05) is 16.4 Å². The lowest BCUT2D eigenvalue weighted by molar-refractivity contribution is 0.262. The van der Waals surface area contributed by atoms with Gasteiger partial charge in [0, 0.05) is 30.0 Å². The number of rotatable bonds is 5. The van der Waals surface area contributed by atoms with Crippen LogP contribution in [0.15, 0.2) is 59.8 Å². The summed E-state index contributed by atoms with van der Waals surface area (Å²) in [6.45, 7) is 0. The van der Waals surface area contributed by atoms with E-state index < -0.39 is 6.03 Å². The standard InChI is InChI=1S/C23H21N7O2/c1-30-22-20(21(24)28-30)18(12-19(27-22)14-5-6-14)13-7-9-15(10-8-13)25-23(31)26-16-3-2-4-17(11-16)29-32/h2-4,7-12,14H,5-6H2,1H3,(H2,24,28)(H2,25,26,31). The molecule has 32 heavy (non-hydrogen) atoms. The van der Waals surface area contributed by atoms with Crippen molar-refractivity contribution in [3.05, 3.63) is 65.2 Å². The van der Waals surface area contributed by atoms with Crippen molar-refractivity contribution in [1.82, 2.24) is 14.8 Å². The molecular weight excluding hydrogens is 406 g/mol. The van der Waals surface area contributed by atoms with Crippen molar-refractivity contribution < 1.29 is 4.79 Å². The molecule has 0 saturated heterocycles. The number of nitrogens with zero attached hydrogens (tertiary/aromatic N) is 4. The van der Waals surface area contributed by atoms with Crippen molar-refractivity contribution >= 4 is 39.9 Å². The van der Waals surface area contributed by atoms with Gasteiger partial charge in [0.1, 0.15) is 5.69 Å². The highest BCUT2D eigenvalue weighted by molar-refractivity contribution is 6.02. The zero-order chi connectivity index (χ0) is 22.2. The number of nitroso groups, excluding NO2 is 1. The van der Waals surface area contributed by atoms with Crippen LogP contribution in [0.1, 0.15) is 24.5 Å². The van der Waals surface area contributed by atoms with Crippen molar-refractivity contribution in [2.24, 2.45) is 12.2 Å². The summed E-state index contributed by atoms with van der Waals surface area (Å²) >= 11 is 0. The van der Waals surface area contributed by atoms with E-state index in [1.807, 2.05) is 31.3 Å². The number of carbonyl (C=O) groups is 1. The number of hydrogen-bond acceptors (Lipinski definition) is 6. The summed E-state index contributed by atoms with van der Waals surface area (Å²) in [6.07, 6.45) is 2.30. The number of aromatic nitrogens is 3. The average Bonchev–Trinajstić information content (AvgIpc) is 3.60. The fourth-order valence-electron chi connectivity index (χ4n) is 3.78. The van der Waals surface area contributed by atoms with Gasteiger partial charge in [0.15, 0.2) is 11.5 Å². The molecular formula is C23H21N7O2. The monoisotopic (exact) mass is 427 g/mol. The van der Waals surface area contributed by atoms with Gasteiger partial charge in [-0.15, -0.1) is 4.91 Å². The van der Waals surface area contributed by atoms with Gasteiger partial charge in [-0.25, -0.2) is 14.5 Å². The Morgan fingerprint density at radius 1 is 1.09 bits per heavy atom. The van der Waals surface area contributed by atoms with E-state index in [9.17, 15) is 9.70 Å². The first-order valence-electron chi connectivity index (χ1n) is 10.3. The number of urea groups is 1. The first-order valence-corrected chi connectivity index (χ1v) is 10.3. The highest BCUT2D eigenvalue weighted by Gasteiger charge is 2.27. The molecule has 4 aromatic rings. The van der Waals surface area contributed by atoms with E-state index in [1.165, 1.54) is 6.07 Å². The normalized spacial score (nSPS) is 13.2. The van der Waals surface area contributed by atoms with Crippen molar-refractivity contribution in [3.8, 4) is 11.1 Å². The first kappa shape index (κ1) is 19.7. The van der Waals surface area contributed by atoms with E-state index in [0.717, 1.165) is 40.7 Å². The number of anilines is 3. The van der Waals surface area contributed by atoms with Gasteiger partial charge in [-0.3, -0.25) is 0 Å². The third-order valence-corrected chi connectivity index (χ3v) is 5.50. The molecule has 0 aliphatic heterocycles.